The van der Waals surface area contributed by atoms with Crippen LogP contribution in [0.5, 0.6) is 11.5 Å². The van der Waals surface area contributed by atoms with Crippen LogP contribution in [0.1, 0.15) is 94.2 Å². The number of aliphatic carboxylic acids is 3. The minimum atomic E-state index is -5.17. The molecule has 0 saturated carbocycles. The fraction of sp³-hybridized carbons (Fsp3) is 0.456. The third-order valence-corrected chi connectivity index (χ3v) is 23.7. The summed E-state index contributed by atoms with van der Waals surface area (Å²) >= 11 is 0.895. The Morgan fingerprint density at radius 3 is 1.70 bits per heavy atom. The van der Waals surface area contributed by atoms with E-state index in [0.717, 1.165) is 28.8 Å². The fourth-order valence-corrected chi connectivity index (χ4v) is 16.4. The first-order chi connectivity index (χ1) is 59.5. The minimum absolute atomic E-state index is 0.0121. The molecule has 3 heterocycles. The van der Waals surface area contributed by atoms with Crippen LogP contribution in [0.4, 0.5) is 22.7 Å². The van der Waals surface area contributed by atoms with Crippen LogP contribution in [0.3, 0.4) is 0 Å². The molecule has 3 aliphatic heterocycles. The maximum absolute atomic E-state index is 14.4. The molecule has 5 aromatic rings. The number of hydrogen-bond donors (Lipinski definition) is 20. The van der Waals surface area contributed by atoms with Crippen LogP contribution in [0, 0.1) is 19.3 Å². The Kier molecular flexibility index (Phi) is 36.0. The molecule has 0 aliphatic carbocycles. The number of phenols is 2. The van der Waals surface area contributed by atoms with Crippen LogP contribution < -0.4 is 64.6 Å². The fourth-order valence-electron chi connectivity index (χ4n) is 13.9. The Morgan fingerprint density at radius 2 is 1.11 bits per heavy atom. The van der Waals surface area contributed by atoms with Crippen LogP contribution in [0.15, 0.2) is 98.9 Å². The second-order valence-electron chi connectivity index (χ2n) is 30.3. The maximum Gasteiger partial charge on any atom is 0.317 e. The summed E-state index contributed by atoms with van der Waals surface area (Å²) in [6.07, 6.45) is -0.929. The van der Waals surface area contributed by atoms with E-state index in [4.69, 9.17) is 16.9 Å². The standard InChI is InChI=1S/C79H103N19O25S3/c1-43-33-47(48-15-20-52(44(2)34-48)93-94-53-21-18-50-60(125(118,119)120)38-61(126(121,122)123)70(80)69(50)71(53)110)14-19-51(43)88-74(113)54(87-63(101)39-95-27-29-96(40-67(106)107)31-32-97(30-28-95)41-68(108)109)9-4-6-23-83-62(100)22-26-98-65(103)37-59(78(98)117)124-42-64(102)84-24-7-5-10-55-75(114)89-56(11-8-25-85-79(81)82)73(112)86-45(3)72(111)91-58(36-66(104)105)77(116)92-57(76(115)90-55)35-46-12-16-49(99)17-13-46/h12-21,33-34,38,45,54-59,99,110H,4-11,22-32,35-37,39-42,80H2,1-3H3,(H,83,100)(H,84,102)(H,86,112)(H,87,101)(H,88,113)(H,89,114)(H,90,115)(H,91,111)(H,92,116)(H,104,105)(H,106,107)(H,108,109)(H4,81,82,85)(H,118,119,120)(H,121,122,123)/b94-93+/t45?,54-,55-,56+,57?,58+,59?/m1/s1. The van der Waals surface area contributed by atoms with Gasteiger partial charge in [-0.3, -0.25) is 101 Å². The van der Waals surface area contributed by atoms with Crippen molar-refractivity contribution < 1.29 is 119 Å². The largest absolute Gasteiger partial charge is 0.508 e. The highest BCUT2D eigenvalue weighted by molar-refractivity contribution is 8.01. The zero-order valence-electron chi connectivity index (χ0n) is 69.0. The summed E-state index contributed by atoms with van der Waals surface area (Å²) in [5, 5.41) is 90.2. The molecule has 3 unspecified atom stereocenters. The molecule has 47 heteroatoms. The van der Waals surface area contributed by atoms with Gasteiger partial charge in [0.2, 0.25) is 65.0 Å². The van der Waals surface area contributed by atoms with Gasteiger partial charge in [0.15, 0.2) is 11.7 Å². The molecule has 0 bridgehead atoms. The number of carboxylic acid groups (broad SMARTS) is 3. The first-order valence-electron chi connectivity index (χ1n) is 40.0. The first-order valence-corrected chi connectivity index (χ1v) is 43.9. The predicted octanol–water partition coefficient (Wildman–Crippen LogP) is -0.200. The number of amides is 11. The molecule has 11 amide bonds. The molecule has 3 aliphatic rings. The molecule has 0 radical (unpaired) electrons. The molecule has 0 aromatic heterocycles. The number of carboxylic acids is 3. The van der Waals surface area contributed by atoms with Gasteiger partial charge >= 0.3 is 17.9 Å². The molecule has 126 heavy (non-hydrogen) atoms. The third-order valence-electron chi connectivity index (χ3n) is 20.7. The van der Waals surface area contributed by atoms with Crippen molar-refractivity contribution in [3.05, 3.63) is 95.6 Å². The van der Waals surface area contributed by atoms with E-state index in [-0.39, 0.29) is 190 Å². The number of aryl methyl sites for hydroxylation is 2. The normalized spacial score (nSPS) is 19.0. The van der Waals surface area contributed by atoms with Crippen LogP contribution in [-0.4, -0.2) is 292 Å². The summed E-state index contributed by atoms with van der Waals surface area (Å²) < 4.78 is 68.4. The highest BCUT2D eigenvalue weighted by atomic mass is 32.2. The number of hydrogen-bond acceptors (Lipinski definition) is 28. The van der Waals surface area contributed by atoms with Crippen molar-refractivity contribution in [3.63, 3.8) is 0 Å². The lowest BCUT2D eigenvalue weighted by atomic mass is 10.00. The van der Waals surface area contributed by atoms with Gasteiger partial charge in [0.05, 0.1) is 53.8 Å². The van der Waals surface area contributed by atoms with E-state index in [1.165, 1.54) is 31.2 Å². The van der Waals surface area contributed by atoms with E-state index in [1.807, 2.05) is 0 Å². The summed E-state index contributed by atoms with van der Waals surface area (Å²) in [6.45, 7) is 5.00. The van der Waals surface area contributed by atoms with Crippen molar-refractivity contribution >= 4 is 154 Å². The number of thioether (sulfide) groups is 1. The van der Waals surface area contributed by atoms with Gasteiger partial charge in [0, 0.05) is 95.8 Å². The topological polar surface area (TPSA) is 683 Å². The number of carbonyl (C=O) groups excluding carboxylic acids is 11. The summed E-state index contributed by atoms with van der Waals surface area (Å²) in [6, 6.07) is 9.83. The van der Waals surface area contributed by atoms with E-state index in [9.17, 15) is 119 Å². The van der Waals surface area contributed by atoms with Gasteiger partial charge in [-0.2, -0.15) is 21.9 Å². The average Bonchev–Trinajstić information content (AvgIpc) is 0.770. The quantitative estimate of drug-likeness (QED) is 0.00463. The Morgan fingerprint density at radius 1 is 0.587 bits per heavy atom. The van der Waals surface area contributed by atoms with E-state index in [0.29, 0.717) is 39.6 Å². The van der Waals surface area contributed by atoms with Crippen LogP contribution >= 0.6 is 11.8 Å². The Labute approximate surface area is 727 Å². The van der Waals surface area contributed by atoms with Crippen molar-refractivity contribution in [3.8, 4) is 22.6 Å². The summed E-state index contributed by atoms with van der Waals surface area (Å²) in [7, 11) is -10.3. The number of nitrogens with one attached hydrogen (secondary N) is 11. The zero-order chi connectivity index (χ0) is 92.4. The molecule has 0 spiro atoms. The smallest absolute Gasteiger partial charge is 0.317 e. The first kappa shape index (κ1) is 98.9. The molecule has 3 saturated heterocycles. The minimum Gasteiger partial charge on any atom is -0.508 e. The zero-order valence-corrected chi connectivity index (χ0v) is 71.4. The highest BCUT2D eigenvalue weighted by Crippen LogP contribution is 2.44. The average molecular weight is 1820 g/mol. The molecule has 3 fully saturated rings. The van der Waals surface area contributed by atoms with Gasteiger partial charge in [-0.05, 0) is 148 Å². The molecule has 682 valence electrons. The predicted molar refractivity (Wildman–Crippen MR) is 455 cm³/mol. The van der Waals surface area contributed by atoms with Crippen molar-refractivity contribution in [2.75, 3.05) is 102 Å². The number of nitrogen functional groups attached to an aromatic ring is 1. The van der Waals surface area contributed by atoms with Crippen molar-refractivity contribution in [2.24, 2.45) is 16.0 Å². The van der Waals surface area contributed by atoms with Crippen LogP contribution in [0.2, 0.25) is 0 Å². The second-order valence-corrected chi connectivity index (χ2v) is 34.3. The number of aromatic hydroxyl groups is 2. The Hall–Kier alpha value is -12.5. The molecular formula is C79H103N19O25S3. The number of phenolic OH excluding ortho intramolecular Hbond substituents is 2. The molecular weight excluding hydrogens is 1710 g/mol. The molecule has 22 N–H and O–H groups in total. The number of rotatable bonds is 38. The van der Waals surface area contributed by atoms with Gasteiger partial charge in [-0.15, -0.1) is 16.9 Å². The highest BCUT2D eigenvalue weighted by Gasteiger charge is 2.40. The summed E-state index contributed by atoms with van der Waals surface area (Å²) in [5.74, 6) is -13.5. The number of unbranched alkanes of at least 4 members (excludes halogenated alkanes) is 2. The number of benzene rings is 5. The SMILES string of the molecule is Cc1cc(-c2ccc(NC(=O)[C@@H](CCCCNC(=O)CCN3C(=O)CC(SCC(=O)NCCCC[C@H]4NC(=O)C(Cc5ccc(O)cc5)NC(=O)[C@H](CC(=O)O)NC(=O)C(C)NC(=O)[C@H](CCCNC(=N)N)NC4=O)C3=O)NC(=O)CN3CCN(CC(=O)O)CCN(CC(=O)O)CC3)c(C)c2)ccc1/N=N/c1ccc2c(S(=O)(=O)O)cc(S(=O)(=O)O)c(N)c2c1O. The number of guanidine groups is 1. The lowest BCUT2D eigenvalue weighted by Gasteiger charge is -2.26. The molecule has 44 nitrogen and oxygen atoms in total. The van der Waals surface area contributed by atoms with Gasteiger partial charge in [0.1, 0.15) is 57.5 Å². The van der Waals surface area contributed by atoms with Gasteiger partial charge in [-0.1, -0.05) is 30.3 Å². The van der Waals surface area contributed by atoms with E-state index >= 15 is 0 Å². The summed E-state index contributed by atoms with van der Waals surface area (Å²) in [5.41, 5.74) is 13.9. The molecule has 5 aromatic carbocycles. The number of likely N-dealkylation sites (tertiary alicyclic amines) is 1. The number of anilines is 2. The Balaban J connectivity index is 0.852. The maximum atomic E-state index is 14.4. The number of carbonyl (C=O) groups is 14. The third kappa shape index (κ3) is 29.8. The van der Waals surface area contributed by atoms with E-state index < -0.39 is 178 Å². The Bertz CT molecular complexity index is 5190. The van der Waals surface area contributed by atoms with Gasteiger partial charge in [-0.25, -0.2) is 0 Å². The molecule has 7 atom stereocenters. The van der Waals surface area contributed by atoms with Gasteiger partial charge < -0.3 is 90.2 Å². The van der Waals surface area contributed by atoms with E-state index in [2.05, 4.69) is 63.4 Å². The lowest BCUT2D eigenvalue weighted by molar-refractivity contribution is -0.141. The van der Waals surface area contributed by atoms with Crippen molar-refractivity contribution in [1.82, 2.24) is 67.5 Å². The summed E-state index contributed by atoms with van der Waals surface area (Å²) in [4.78, 5) is 190. The molecule has 8 rings (SSSR count). The van der Waals surface area contributed by atoms with Crippen LogP contribution in [-0.2, 0) is 93.8 Å². The number of imide groups is 1. The van der Waals surface area contributed by atoms with E-state index in [1.54, 1.807) is 64.9 Å². The lowest BCUT2D eigenvalue weighted by Crippen LogP contribution is -2.58. The van der Waals surface area contributed by atoms with Gasteiger partial charge in [0.25, 0.3) is 20.2 Å². The number of nitrogens with zero attached hydrogens (tertiary/aromatic N) is 6. The number of azo groups is 1. The van der Waals surface area contributed by atoms with Crippen molar-refractivity contribution in [1.29, 1.82) is 5.41 Å². The van der Waals surface area contributed by atoms with Crippen molar-refractivity contribution in [2.45, 2.75) is 149 Å². The monoisotopic (exact) mass is 1810 g/mol. The number of nitrogens with two attached hydrogens (primary N) is 2. The number of fused-ring (bicyclic) bond motifs is 1. The second kappa shape index (κ2) is 45.9. The van der Waals surface area contributed by atoms with Crippen LogP contribution in [0.25, 0.3) is 21.9 Å².